The molecule has 0 unspecified atom stereocenters. The van der Waals surface area contributed by atoms with Gasteiger partial charge >= 0.3 is 11.9 Å². The Morgan fingerprint density at radius 3 is 1.93 bits per heavy atom. The summed E-state index contributed by atoms with van der Waals surface area (Å²) in [4.78, 5) is 24.2. The third-order valence-corrected chi connectivity index (χ3v) is 18.2. The molecule has 0 spiro atoms. The second kappa shape index (κ2) is 20.0. The number of hydrogen-bond donors (Lipinski definition) is 8. The van der Waals surface area contributed by atoms with Crippen LogP contribution in [0.25, 0.3) is 0 Å². The van der Waals surface area contributed by atoms with Gasteiger partial charge in [-0.3, -0.25) is 4.79 Å². The third-order valence-electron chi connectivity index (χ3n) is 18.2. The number of carbonyl (C=O) groups is 2. The lowest BCUT2D eigenvalue weighted by Crippen LogP contribution is -2.62. The van der Waals surface area contributed by atoms with E-state index >= 15 is 0 Å². The summed E-state index contributed by atoms with van der Waals surface area (Å²) in [5.74, 6) is -0.609. The number of fused-ring (bicyclic) bond motifs is 5. The molecule has 5 aliphatic heterocycles. The molecule has 20 nitrogen and oxygen atoms in total. The fraction of sp³-hybridized carbons (Fsp3) is 0.918. The zero-order chi connectivity index (χ0) is 49.5. The molecule has 0 radical (unpaired) electrons. The molecule has 392 valence electrons. The van der Waals surface area contributed by atoms with Crippen molar-refractivity contribution in [2.75, 3.05) is 13.2 Å². The van der Waals surface area contributed by atoms with E-state index in [1.54, 1.807) is 13.8 Å². The standard InChI is InChI=1S/C49H76O20/c1-21-43(67-37-16-31(53)44(22(2)62-37)68-38-17-33(64-24(4)51)45(23(3)63-38)69-46-42(58)41(57)40(56)34(19-50)66-46)30(52)15-36(61-21)65-27-9-11-47(5)26(14-27)7-8-29-28(47)10-12-48(6)39(25-13-35(55)60-20-25)32(54)18-49(29,48)59/h13,21-23,26-34,36-46,50,52-54,56-59H,7-12,14-20H2,1-6H3/t21-,22-,23-,26-,27-,28+,29+,30-,31-,32-,33-,34+,36-,37-,38+,39-,40+,41-,42+,43+,44+,45-,46-,47+,48+,49+/m1/s1. The molecule has 9 aliphatic rings. The summed E-state index contributed by atoms with van der Waals surface area (Å²) < 4.78 is 60.1. The van der Waals surface area contributed by atoms with Crippen molar-refractivity contribution in [3.63, 3.8) is 0 Å². The maximum absolute atomic E-state index is 12.6. The van der Waals surface area contributed by atoms with Crippen LogP contribution in [0.15, 0.2) is 11.6 Å². The van der Waals surface area contributed by atoms with E-state index in [0.717, 1.165) is 50.5 Å². The Bertz CT molecular complexity index is 1850. The smallest absolute Gasteiger partial charge is 0.331 e. The van der Waals surface area contributed by atoms with Gasteiger partial charge in [-0.05, 0) is 94.5 Å². The number of aliphatic hydroxyl groups excluding tert-OH is 7. The van der Waals surface area contributed by atoms with Crippen LogP contribution in [0.3, 0.4) is 0 Å². The van der Waals surface area contributed by atoms with Gasteiger partial charge in [0.15, 0.2) is 25.2 Å². The van der Waals surface area contributed by atoms with Crippen molar-refractivity contribution in [2.24, 2.45) is 34.5 Å². The van der Waals surface area contributed by atoms with Crippen LogP contribution in [0.5, 0.6) is 0 Å². The summed E-state index contributed by atoms with van der Waals surface area (Å²) in [5.41, 5.74) is -0.809. The first-order chi connectivity index (χ1) is 32.6. The molecule has 0 aromatic carbocycles. The van der Waals surface area contributed by atoms with E-state index in [-0.39, 0.29) is 55.2 Å². The van der Waals surface area contributed by atoms with E-state index in [1.165, 1.54) is 13.0 Å². The molecule has 0 aromatic heterocycles. The van der Waals surface area contributed by atoms with Crippen LogP contribution in [0.1, 0.15) is 112 Å². The minimum Gasteiger partial charge on any atom is -0.459 e. The highest BCUT2D eigenvalue weighted by Crippen LogP contribution is 2.70. The SMILES string of the molecule is CC(=O)O[C@@H]1C[C@H](O[C@@H]2[C@H](O)C[C@@H](O[C@@H]3[C@H](O)C[C@@H](O[C@@H]4CC[C@@]5(C)[C@H](CC[C@H]6[C@@H]5CC[C@@]5(C)[C@H](C7=CC(=O)OC7)[C@H](O)C[C@]65O)C4)O[C@@H]3C)O[C@@H]2C)O[C@H](C)[C@H]1O[C@H]1O[C@@H](CO)[C@H](O)[C@@H](O)[C@@H]1O. The Morgan fingerprint density at radius 1 is 0.710 bits per heavy atom. The van der Waals surface area contributed by atoms with Crippen molar-refractivity contribution < 1.29 is 97.8 Å². The van der Waals surface area contributed by atoms with Gasteiger partial charge in [0.2, 0.25) is 0 Å². The number of rotatable bonds is 11. The van der Waals surface area contributed by atoms with Crippen LogP contribution in [0.4, 0.5) is 0 Å². The second-order valence-electron chi connectivity index (χ2n) is 22.3. The predicted octanol–water partition coefficient (Wildman–Crippen LogP) is 0.613. The molecule has 5 heterocycles. The van der Waals surface area contributed by atoms with E-state index in [9.17, 15) is 50.4 Å². The van der Waals surface area contributed by atoms with Gasteiger partial charge in [-0.25, -0.2) is 4.79 Å². The lowest BCUT2D eigenvalue weighted by Gasteiger charge is -2.63. The molecular weight excluding hydrogens is 909 g/mol. The molecule has 20 heteroatoms. The van der Waals surface area contributed by atoms with Crippen molar-refractivity contribution in [1.29, 1.82) is 0 Å². The molecule has 8 fully saturated rings. The predicted molar refractivity (Wildman–Crippen MR) is 235 cm³/mol. The van der Waals surface area contributed by atoms with Gasteiger partial charge in [0, 0.05) is 50.0 Å². The maximum atomic E-state index is 12.6. The summed E-state index contributed by atoms with van der Waals surface area (Å²) in [6.07, 6.45) is -10.8. The monoisotopic (exact) mass is 984 g/mol. The van der Waals surface area contributed by atoms with Gasteiger partial charge < -0.3 is 88.2 Å². The fourth-order valence-electron chi connectivity index (χ4n) is 14.7. The van der Waals surface area contributed by atoms with E-state index < -0.39 is 134 Å². The molecule has 0 amide bonds. The Hall–Kier alpha value is -1.96. The van der Waals surface area contributed by atoms with Crippen molar-refractivity contribution in [3.05, 3.63) is 11.6 Å². The molecule has 9 rings (SSSR count). The van der Waals surface area contributed by atoms with Gasteiger partial charge in [-0.1, -0.05) is 13.8 Å². The molecule has 8 N–H and O–H groups in total. The number of carbonyl (C=O) groups excluding carboxylic acids is 2. The third kappa shape index (κ3) is 9.59. The highest BCUT2D eigenvalue weighted by molar-refractivity contribution is 5.85. The Labute approximate surface area is 402 Å². The van der Waals surface area contributed by atoms with Crippen LogP contribution in [-0.2, 0) is 57.0 Å². The van der Waals surface area contributed by atoms with Crippen molar-refractivity contribution in [1.82, 2.24) is 0 Å². The molecule has 26 atom stereocenters. The van der Waals surface area contributed by atoms with Crippen LogP contribution in [0, 0.1) is 34.5 Å². The van der Waals surface area contributed by atoms with Crippen LogP contribution in [0.2, 0.25) is 0 Å². The molecule has 0 bridgehead atoms. The summed E-state index contributed by atoms with van der Waals surface area (Å²) in [6, 6.07) is 0. The van der Waals surface area contributed by atoms with Crippen molar-refractivity contribution >= 4 is 11.9 Å². The topological polar surface area (TPSA) is 288 Å². The average molecular weight is 985 g/mol. The van der Waals surface area contributed by atoms with Crippen LogP contribution < -0.4 is 0 Å². The summed E-state index contributed by atoms with van der Waals surface area (Å²) in [6.45, 7) is 10.4. The molecule has 69 heavy (non-hydrogen) atoms. The van der Waals surface area contributed by atoms with Crippen LogP contribution >= 0.6 is 0 Å². The first-order valence-corrected chi connectivity index (χ1v) is 25.3. The first kappa shape index (κ1) is 51.9. The molecule has 4 saturated carbocycles. The van der Waals surface area contributed by atoms with E-state index in [4.69, 9.17) is 47.4 Å². The van der Waals surface area contributed by atoms with E-state index in [2.05, 4.69) is 13.8 Å². The van der Waals surface area contributed by atoms with Gasteiger partial charge in [-0.15, -0.1) is 0 Å². The molecule has 0 aromatic rings. The maximum Gasteiger partial charge on any atom is 0.331 e. The summed E-state index contributed by atoms with van der Waals surface area (Å²) >= 11 is 0. The zero-order valence-electron chi connectivity index (χ0n) is 40.5. The summed E-state index contributed by atoms with van der Waals surface area (Å²) in [5, 5.41) is 87.5. The van der Waals surface area contributed by atoms with E-state index in [1.807, 2.05) is 6.92 Å². The number of esters is 2. The average Bonchev–Trinajstić information content (AvgIpc) is 3.79. The first-order valence-electron chi connectivity index (χ1n) is 25.3. The normalized spacial score (nSPS) is 53.3. The van der Waals surface area contributed by atoms with Gasteiger partial charge in [0.05, 0.1) is 54.9 Å². The Kier molecular flexibility index (Phi) is 15.1. The Morgan fingerprint density at radius 2 is 1.33 bits per heavy atom. The molecular formula is C49H76O20. The lowest BCUT2D eigenvalue weighted by molar-refractivity contribution is -0.355. The van der Waals surface area contributed by atoms with Gasteiger partial charge in [0.25, 0.3) is 0 Å². The van der Waals surface area contributed by atoms with E-state index in [0.29, 0.717) is 18.3 Å². The minimum absolute atomic E-state index is 0.000687. The highest BCUT2D eigenvalue weighted by atomic mass is 16.8. The highest BCUT2D eigenvalue weighted by Gasteiger charge is 2.70. The van der Waals surface area contributed by atoms with Crippen molar-refractivity contribution in [3.8, 4) is 0 Å². The fourth-order valence-corrected chi connectivity index (χ4v) is 14.7. The largest absolute Gasteiger partial charge is 0.459 e. The molecule has 4 saturated heterocycles. The molecule has 4 aliphatic carbocycles. The quantitative estimate of drug-likeness (QED) is 0.104. The lowest BCUT2D eigenvalue weighted by atomic mass is 9.43. The van der Waals surface area contributed by atoms with Crippen LogP contribution in [-0.4, -0.2) is 188 Å². The zero-order valence-corrected chi connectivity index (χ0v) is 40.5. The summed E-state index contributed by atoms with van der Waals surface area (Å²) in [7, 11) is 0. The minimum atomic E-state index is -1.68. The Balaban J connectivity index is 0.749. The number of hydrogen-bond acceptors (Lipinski definition) is 20. The van der Waals surface area contributed by atoms with Gasteiger partial charge in [-0.2, -0.15) is 0 Å². The van der Waals surface area contributed by atoms with Gasteiger partial charge in [0.1, 0.15) is 55.4 Å². The number of aliphatic hydroxyl groups is 8. The number of ether oxygens (including phenoxy) is 10. The second-order valence-corrected chi connectivity index (χ2v) is 22.3. The number of cyclic esters (lactones) is 1. The van der Waals surface area contributed by atoms with Crippen molar-refractivity contribution in [2.45, 2.75) is 234 Å².